The number of ether oxygens (including phenoxy) is 1. The lowest BCUT2D eigenvalue weighted by molar-refractivity contribution is 0.0951. The van der Waals surface area contributed by atoms with Crippen molar-refractivity contribution >= 4 is 17.5 Å². The summed E-state index contributed by atoms with van der Waals surface area (Å²) in [5.41, 5.74) is 1.09. The molecule has 0 radical (unpaired) electrons. The maximum Gasteiger partial charge on any atom is 0.252 e. The first-order valence-electron chi connectivity index (χ1n) is 9.53. The second kappa shape index (κ2) is 10.5. The Kier molecular flexibility index (Phi) is 7.47. The Morgan fingerprint density at radius 2 is 1.72 bits per heavy atom. The van der Waals surface area contributed by atoms with Crippen LogP contribution < -0.4 is 15.6 Å². The van der Waals surface area contributed by atoms with Gasteiger partial charge in [-0.3, -0.25) is 9.59 Å². The summed E-state index contributed by atoms with van der Waals surface area (Å²) in [5.74, 6) is 0.638. The van der Waals surface area contributed by atoms with Crippen molar-refractivity contribution in [1.82, 2.24) is 9.88 Å². The van der Waals surface area contributed by atoms with Crippen molar-refractivity contribution in [1.29, 1.82) is 0 Å². The number of aromatic nitrogens is 1. The maximum absolute atomic E-state index is 12.4. The number of unbranched alkanes of at least 4 members (excludes halogenated alkanes) is 1. The molecule has 1 N–H and O–H groups in total. The molecular formula is C23H23ClN2O3. The quantitative estimate of drug-likeness (QED) is 0.539. The van der Waals surface area contributed by atoms with E-state index in [9.17, 15) is 9.59 Å². The van der Waals surface area contributed by atoms with Gasteiger partial charge < -0.3 is 14.6 Å². The van der Waals surface area contributed by atoms with E-state index in [0.29, 0.717) is 30.3 Å². The molecule has 1 aromatic heterocycles. The van der Waals surface area contributed by atoms with Crippen LogP contribution in [0.2, 0.25) is 5.02 Å². The molecule has 1 heterocycles. The summed E-state index contributed by atoms with van der Waals surface area (Å²) in [7, 11) is 0. The number of halogens is 1. The van der Waals surface area contributed by atoms with E-state index in [1.54, 1.807) is 18.3 Å². The molecule has 2 aromatic carbocycles. The number of benzene rings is 2. The minimum atomic E-state index is -0.207. The minimum Gasteiger partial charge on any atom is -0.494 e. The molecule has 150 valence electrons. The van der Waals surface area contributed by atoms with Gasteiger partial charge in [0.05, 0.1) is 18.7 Å². The first-order valence-corrected chi connectivity index (χ1v) is 9.91. The molecule has 0 aliphatic rings. The molecule has 0 saturated carbocycles. The van der Waals surface area contributed by atoms with Crippen molar-refractivity contribution in [2.24, 2.45) is 0 Å². The third kappa shape index (κ3) is 6.22. The molecule has 3 rings (SSSR count). The van der Waals surface area contributed by atoms with Gasteiger partial charge in [0.15, 0.2) is 0 Å². The fraction of sp³-hybridized carbons (Fsp3) is 0.217. The molecule has 0 unspecified atom stereocenters. The topological polar surface area (TPSA) is 60.3 Å². The molecule has 0 atom stereocenters. The predicted molar refractivity (Wildman–Crippen MR) is 115 cm³/mol. The third-order valence-electron chi connectivity index (χ3n) is 4.41. The molecule has 0 aliphatic carbocycles. The monoisotopic (exact) mass is 410 g/mol. The van der Waals surface area contributed by atoms with Crippen LogP contribution in [0.1, 0.15) is 28.8 Å². The van der Waals surface area contributed by atoms with E-state index in [4.69, 9.17) is 16.3 Å². The first-order chi connectivity index (χ1) is 14.1. The van der Waals surface area contributed by atoms with Crippen molar-refractivity contribution in [3.63, 3.8) is 0 Å². The lowest BCUT2D eigenvalue weighted by Gasteiger charge is -2.10. The molecular weight excluding hydrogens is 388 g/mol. The van der Waals surface area contributed by atoms with Gasteiger partial charge in [-0.1, -0.05) is 48.0 Å². The van der Waals surface area contributed by atoms with Gasteiger partial charge in [-0.25, -0.2) is 0 Å². The van der Waals surface area contributed by atoms with Crippen molar-refractivity contribution in [2.75, 3.05) is 13.2 Å². The zero-order valence-corrected chi connectivity index (χ0v) is 16.8. The second-order valence-electron chi connectivity index (χ2n) is 6.60. The van der Waals surface area contributed by atoms with E-state index in [2.05, 4.69) is 5.32 Å². The van der Waals surface area contributed by atoms with Crippen LogP contribution >= 0.6 is 11.6 Å². The smallest absolute Gasteiger partial charge is 0.252 e. The van der Waals surface area contributed by atoms with E-state index in [1.807, 2.05) is 48.5 Å². The van der Waals surface area contributed by atoms with Gasteiger partial charge in [0.1, 0.15) is 5.75 Å². The summed E-state index contributed by atoms with van der Waals surface area (Å²) in [6.45, 7) is 1.46. The SMILES string of the molecule is O=C(NCCCCOc1ccccc1)c1ccc(=O)n(Cc2ccccc2Cl)c1. The Bertz CT molecular complexity index is 1000. The van der Waals surface area contributed by atoms with Gasteiger partial charge in [-0.15, -0.1) is 0 Å². The van der Waals surface area contributed by atoms with Gasteiger partial charge in [0.25, 0.3) is 11.5 Å². The summed E-state index contributed by atoms with van der Waals surface area (Å²) in [5, 5.41) is 3.47. The van der Waals surface area contributed by atoms with Crippen LogP contribution in [0.3, 0.4) is 0 Å². The Labute approximate surface area is 174 Å². The van der Waals surface area contributed by atoms with E-state index in [-0.39, 0.29) is 11.5 Å². The van der Waals surface area contributed by atoms with Gasteiger partial charge in [0.2, 0.25) is 0 Å². The summed E-state index contributed by atoms with van der Waals surface area (Å²) >= 11 is 6.17. The number of nitrogens with zero attached hydrogens (tertiary/aromatic N) is 1. The van der Waals surface area contributed by atoms with Crippen molar-refractivity contribution in [3.05, 3.63) is 99.4 Å². The molecule has 1 amide bonds. The number of rotatable bonds is 9. The van der Waals surface area contributed by atoms with Gasteiger partial charge in [-0.05, 0) is 42.7 Å². The highest BCUT2D eigenvalue weighted by molar-refractivity contribution is 6.31. The molecule has 3 aromatic rings. The summed E-state index contributed by atoms with van der Waals surface area (Å²) < 4.78 is 7.12. The van der Waals surface area contributed by atoms with Gasteiger partial charge >= 0.3 is 0 Å². The fourth-order valence-electron chi connectivity index (χ4n) is 2.84. The maximum atomic E-state index is 12.4. The van der Waals surface area contributed by atoms with Crippen molar-refractivity contribution in [2.45, 2.75) is 19.4 Å². The van der Waals surface area contributed by atoms with Crippen LogP contribution in [-0.2, 0) is 6.54 Å². The normalized spacial score (nSPS) is 10.5. The number of hydrogen-bond donors (Lipinski definition) is 1. The largest absolute Gasteiger partial charge is 0.494 e. The van der Waals surface area contributed by atoms with E-state index in [1.165, 1.54) is 10.6 Å². The highest BCUT2D eigenvalue weighted by atomic mass is 35.5. The number of carbonyl (C=O) groups is 1. The van der Waals surface area contributed by atoms with Crippen LogP contribution in [0.25, 0.3) is 0 Å². The average molecular weight is 411 g/mol. The number of carbonyl (C=O) groups excluding carboxylic acids is 1. The molecule has 0 saturated heterocycles. The van der Waals surface area contributed by atoms with E-state index in [0.717, 1.165) is 24.2 Å². The number of pyridine rings is 1. The Hall–Kier alpha value is -3.05. The molecule has 0 spiro atoms. The predicted octanol–water partition coefficient (Wildman–Crippen LogP) is 4.14. The molecule has 0 bridgehead atoms. The third-order valence-corrected chi connectivity index (χ3v) is 4.78. The first kappa shape index (κ1) is 20.7. The zero-order valence-electron chi connectivity index (χ0n) is 16.0. The fourth-order valence-corrected chi connectivity index (χ4v) is 3.03. The molecule has 5 nitrogen and oxygen atoms in total. The average Bonchev–Trinajstić information content (AvgIpc) is 2.74. The molecule has 0 fully saturated rings. The number of nitrogens with one attached hydrogen (secondary N) is 1. The molecule has 29 heavy (non-hydrogen) atoms. The lowest BCUT2D eigenvalue weighted by atomic mass is 10.2. The van der Waals surface area contributed by atoms with Crippen LogP contribution in [0.15, 0.2) is 77.7 Å². The number of amides is 1. The van der Waals surface area contributed by atoms with E-state index < -0.39 is 0 Å². The van der Waals surface area contributed by atoms with Gasteiger partial charge in [0, 0.05) is 23.8 Å². The van der Waals surface area contributed by atoms with Gasteiger partial charge in [-0.2, -0.15) is 0 Å². The summed E-state index contributed by atoms with van der Waals surface area (Å²) in [4.78, 5) is 24.5. The van der Waals surface area contributed by atoms with Crippen LogP contribution in [0, 0.1) is 0 Å². The number of para-hydroxylation sites is 1. The minimum absolute atomic E-state index is 0.181. The Morgan fingerprint density at radius 3 is 2.52 bits per heavy atom. The summed E-state index contributed by atoms with van der Waals surface area (Å²) in [6.07, 6.45) is 3.21. The lowest BCUT2D eigenvalue weighted by Crippen LogP contribution is -2.27. The van der Waals surface area contributed by atoms with Crippen LogP contribution in [0.4, 0.5) is 0 Å². The zero-order chi connectivity index (χ0) is 20.5. The summed E-state index contributed by atoms with van der Waals surface area (Å²) in [6, 6.07) is 19.9. The number of hydrogen-bond acceptors (Lipinski definition) is 3. The highest BCUT2D eigenvalue weighted by Crippen LogP contribution is 2.15. The highest BCUT2D eigenvalue weighted by Gasteiger charge is 2.08. The van der Waals surface area contributed by atoms with E-state index >= 15 is 0 Å². The molecule has 6 heteroatoms. The standard InChI is InChI=1S/C23H23ClN2O3/c24-21-11-5-4-8-18(21)16-26-17-19(12-13-22(26)27)23(28)25-14-6-7-15-29-20-9-2-1-3-10-20/h1-5,8-13,17H,6-7,14-16H2,(H,25,28). The van der Waals surface area contributed by atoms with Crippen molar-refractivity contribution < 1.29 is 9.53 Å². The van der Waals surface area contributed by atoms with Crippen LogP contribution in [-0.4, -0.2) is 23.6 Å². The van der Waals surface area contributed by atoms with Crippen LogP contribution in [0.5, 0.6) is 5.75 Å². The van der Waals surface area contributed by atoms with Crippen molar-refractivity contribution in [3.8, 4) is 5.75 Å². The molecule has 0 aliphatic heterocycles. The Morgan fingerprint density at radius 1 is 0.966 bits per heavy atom. The second-order valence-corrected chi connectivity index (χ2v) is 7.01. The Balaban J connectivity index is 1.48.